The van der Waals surface area contributed by atoms with Crippen LogP contribution in [0.2, 0.25) is 5.02 Å². The molecular formula is C27H30ClNO6S. The predicted octanol–water partition coefficient (Wildman–Crippen LogP) is 5.39. The Kier molecular flexibility index (Phi) is 8.66. The van der Waals surface area contributed by atoms with Crippen LogP contribution in [-0.4, -0.2) is 48.3 Å². The van der Waals surface area contributed by atoms with Gasteiger partial charge in [-0.2, -0.15) is 0 Å². The number of amides is 1. The fraction of sp³-hybridized carbons (Fsp3) is 0.296. The van der Waals surface area contributed by atoms with Gasteiger partial charge in [-0.15, -0.1) is 0 Å². The molecule has 0 bridgehead atoms. The van der Waals surface area contributed by atoms with Crippen molar-refractivity contribution < 1.29 is 28.2 Å². The Bertz CT molecular complexity index is 1320. The highest BCUT2D eigenvalue weighted by molar-refractivity contribution is 7.91. The predicted molar refractivity (Wildman–Crippen MR) is 138 cm³/mol. The molecule has 0 aliphatic rings. The van der Waals surface area contributed by atoms with Crippen molar-refractivity contribution >= 4 is 27.5 Å². The Morgan fingerprint density at radius 1 is 1.00 bits per heavy atom. The minimum atomic E-state index is -3.84. The standard InChI is InChI=1S/C27H30ClNO6S/c1-27(2,3)35-26(32)29(18-25(31)20-8-5-9-21(28)16-20)14-13-19-7-4-11-23(15-19)36(33,34)24-12-6-10-22(30)17-24/h4-12,15-17,25,30-31H,13-14,18H2,1-3H3/t25-/m1/s1. The summed E-state index contributed by atoms with van der Waals surface area (Å²) in [5, 5.41) is 20.9. The molecule has 36 heavy (non-hydrogen) atoms. The van der Waals surface area contributed by atoms with Crippen molar-refractivity contribution in [3.8, 4) is 5.75 Å². The Labute approximate surface area is 216 Å². The van der Waals surface area contributed by atoms with Gasteiger partial charge in [-0.25, -0.2) is 13.2 Å². The van der Waals surface area contributed by atoms with Gasteiger partial charge in [-0.1, -0.05) is 41.9 Å². The smallest absolute Gasteiger partial charge is 0.410 e. The summed E-state index contributed by atoms with van der Waals surface area (Å²) in [6.45, 7) is 5.42. The summed E-state index contributed by atoms with van der Waals surface area (Å²) in [6.07, 6.45) is -1.26. The van der Waals surface area contributed by atoms with E-state index in [1.807, 2.05) is 0 Å². The maximum Gasteiger partial charge on any atom is 0.410 e. The number of carbonyl (C=O) groups is 1. The molecule has 2 N–H and O–H groups in total. The van der Waals surface area contributed by atoms with Crippen molar-refractivity contribution in [1.82, 2.24) is 4.90 Å². The number of aliphatic hydroxyl groups is 1. The number of phenols is 1. The van der Waals surface area contributed by atoms with E-state index in [9.17, 15) is 23.4 Å². The van der Waals surface area contributed by atoms with Gasteiger partial charge in [0, 0.05) is 11.6 Å². The lowest BCUT2D eigenvalue weighted by Gasteiger charge is -2.29. The number of benzene rings is 3. The number of sulfone groups is 1. The molecule has 0 aliphatic heterocycles. The number of aromatic hydroxyl groups is 1. The third kappa shape index (κ3) is 7.46. The molecule has 1 atom stereocenters. The second-order valence-corrected chi connectivity index (χ2v) is 11.8. The van der Waals surface area contributed by atoms with E-state index in [0.717, 1.165) is 0 Å². The lowest BCUT2D eigenvalue weighted by Crippen LogP contribution is -2.40. The van der Waals surface area contributed by atoms with Crippen LogP contribution < -0.4 is 0 Å². The largest absolute Gasteiger partial charge is 0.508 e. The molecule has 0 fully saturated rings. The summed E-state index contributed by atoms with van der Waals surface area (Å²) in [5.41, 5.74) is 0.517. The van der Waals surface area contributed by atoms with E-state index in [0.29, 0.717) is 22.6 Å². The molecule has 192 valence electrons. The Hall–Kier alpha value is -3.07. The van der Waals surface area contributed by atoms with Gasteiger partial charge in [-0.3, -0.25) is 0 Å². The highest BCUT2D eigenvalue weighted by Crippen LogP contribution is 2.25. The topological polar surface area (TPSA) is 104 Å². The zero-order chi connectivity index (χ0) is 26.5. The molecule has 3 rings (SSSR count). The fourth-order valence-corrected chi connectivity index (χ4v) is 5.10. The first-order valence-electron chi connectivity index (χ1n) is 11.4. The number of hydrogen-bond acceptors (Lipinski definition) is 6. The normalized spacial score (nSPS) is 12.7. The van der Waals surface area contributed by atoms with Crippen molar-refractivity contribution in [3.05, 3.63) is 88.9 Å². The van der Waals surface area contributed by atoms with Crippen LogP contribution in [0, 0.1) is 0 Å². The minimum Gasteiger partial charge on any atom is -0.508 e. The zero-order valence-electron chi connectivity index (χ0n) is 20.4. The average molecular weight is 532 g/mol. The van der Waals surface area contributed by atoms with E-state index in [4.69, 9.17) is 16.3 Å². The first kappa shape index (κ1) is 27.5. The van der Waals surface area contributed by atoms with Gasteiger partial charge in [0.15, 0.2) is 0 Å². The lowest BCUT2D eigenvalue weighted by molar-refractivity contribution is 0.0147. The summed E-state index contributed by atoms with van der Waals surface area (Å²) >= 11 is 6.04. The van der Waals surface area contributed by atoms with Crippen LogP contribution in [0.25, 0.3) is 0 Å². The van der Waals surface area contributed by atoms with Gasteiger partial charge in [0.05, 0.1) is 22.4 Å². The SMILES string of the molecule is CC(C)(C)OC(=O)N(CCc1cccc(S(=O)(=O)c2cccc(O)c2)c1)C[C@@H](O)c1cccc(Cl)c1. The van der Waals surface area contributed by atoms with Gasteiger partial charge in [0.25, 0.3) is 0 Å². The molecule has 0 spiro atoms. The highest BCUT2D eigenvalue weighted by Gasteiger charge is 2.25. The quantitative estimate of drug-likeness (QED) is 0.404. The average Bonchev–Trinajstić information content (AvgIpc) is 2.80. The van der Waals surface area contributed by atoms with E-state index in [1.165, 1.54) is 35.2 Å². The minimum absolute atomic E-state index is 0.0142. The molecule has 3 aromatic rings. The highest BCUT2D eigenvalue weighted by atomic mass is 35.5. The van der Waals surface area contributed by atoms with E-state index in [1.54, 1.807) is 63.2 Å². The van der Waals surface area contributed by atoms with Gasteiger partial charge in [-0.05, 0) is 80.8 Å². The second kappa shape index (κ2) is 11.3. The van der Waals surface area contributed by atoms with E-state index >= 15 is 0 Å². The van der Waals surface area contributed by atoms with Crippen molar-refractivity contribution in [1.29, 1.82) is 0 Å². The molecule has 0 saturated carbocycles. The first-order chi connectivity index (χ1) is 16.8. The van der Waals surface area contributed by atoms with Gasteiger partial charge in [0.2, 0.25) is 9.84 Å². The monoisotopic (exact) mass is 531 g/mol. The number of rotatable bonds is 8. The third-order valence-corrected chi connectivity index (χ3v) is 7.27. The molecule has 9 heteroatoms. The summed E-state index contributed by atoms with van der Waals surface area (Å²) in [6, 6.07) is 18.7. The molecule has 0 heterocycles. The number of hydrogen-bond donors (Lipinski definition) is 2. The van der Waals surface area contributed by atoms with Crippen LogP contribution in [0.5, 0.6) is 5.75 Å². The summed E-state index contributed by atoms with van der Waals surface area (Å²) in [4.78, 5) is 14.4. The van der Waals surface area contributed by atoms with Crippen LogP contribution in [0.1, 0.15) is 38.0 Å². The van der Waals surface area contributed by atoms with Crippen LogP contribution in [0.3, 0.4) is 0 Å². The molecule has 1 amide bonds. The maximum absolute atomic E-state index is 13.0. The number of nitrogens with zero attached hydrogens (tertiary/aromatic N) is 1. The Morgan fingerprint density at radius 3 is 2.28 bits per heavy atom. The molecule has 0 aromatic heterocycles. The van der Waals surface area contributed by atoms with Crippen molar-refractivity contribution in [3.63, 3.8) is 0 Å². The molecule has 0 saturated heterocycles. The molecule has 3 aromatic carbocycles. The second-order valence-electron chi connectivity index (χ2n) is 9.40. The molecule has 7 nitrogen and oxygen atoms in total. The number of ether oxygens (including phenoxy) is 1. The van der Waals surface area contributed by atoms with E-state index in [-0.39, 0.29) is 28.6 Å². The molecule has 0 aliphatic carbocycles. The first-order valence-corrected chi connectivity index (χ1v) is 13.3. The van der Waals surface area contributed by atoms with Crippen molar-refractivity contribution in [2.75, 3.05) is 13.1 Å². The number of aliphatic hydroxyl groups excluding tert-OH is 1. The summed E-state index contributed by atoms with van der Waals surface area (Å²) < 4.78 is 31.6. The summed E-state index contributed by atoms with van der Waals surface area (Å²) in [7, 11) is -3.84. The molecule has 0 unspecified atom stereocenters. The molecule has 0 radical (unpaired) electrons. The number of halogens is 1. The number of carbonyl (C=O) groups excluding carboxylic acids is 1. The van der Waals surface area contributed by atoms with Crippen molar-refractivity contribution in [2.45, 2.75) is 48.7 Å². The van der Waals surface area contributed by atoms with Crippen LogP contribution in [0.4, 0.5) is 4.79 Å². The summed E-state index contributed by atoms with van der Waals surface area (Å²) in [5.74, 6) is -0.140. The van der Waals surface area contributed by atoms with Gasteiger partial charge in [0.1, 0.15) is 11.4 Å². The van der Waals surface area contributed by atoms with Crippen molar-refractivity contribution in [2.24, 2.45) is 0 Å². The zero-order valence-corrected chi connectivity index (χ0v) is 22.0. The van der Waals surface area contributed by atoms with Gasteiger partial charge >= 0.3 is 6.09 Å². The van der Waals surface area contributed by atoms with E-state index < -0.39 is 27.6 Å². The Morgan fingerprint density at radius 2 is 1.64 bits per heavy atom. The van der Waals surface area contributed by atoms with Crippen LogP contribution in [-0.2, 0) is 21.0 Å². The van der Waals surface area contributed by atoms with Gasteiger partial charge < -0.3 is 19.8 Å². The maximum atomic E-state index is 13.0. The van der Waals surface area contributed by atoms with Crippen LogP contribution in [0.15, 0.2) is 82.6 Å². The number of phenolic OH excluding ortho intramolecular Hbond substituents is 1. The Balaban J connectivity index is 1.80. The lowest BCUT2D eigenvalue weighted by atomic mass is 10.1. The van der Waals surface area contributed by atoms with Crippen LogP contribution >= 0.6 is 11.6 Å². The molecular weight excluding hydrogens is 502 g/mol. The fourth-order valence-electron chi connectivity index (χ4n) is 3.53. The third-order valence-electron chi connectivity index (χ3n) is 5.29. The van der Waals surface area contributed by atoms with E-state index in [2.05, 4.69) is 0 Å².